The van der Waals surface area contributed by atoms with Crippen LogP contribution in [-0.2, 0) is 0 Å². The summed E-state index contributed by atoms with van der Waals surface area (Å²) in [6, 6.07) is 66.7. The first kappa shape index (κ1) is 46.4. The fourth-order valence-electron chi connectivity index (χ4n) is 10.8. The highest BCUT2D eigenvalue weighted by molar-refractivity contribution is 8.37. The maximum absolute atomic E-state index is 4.40. The minimum atomic E-state index is -1.72. The number of allylic oxidation sites excluding steroid dienone is 5. The summed E-state index contributed by atoms with van der Waals surface area (Å²) in [5.74, 6) is 0. The summed E-state index contributed by atoms with van der Waals surface area (Å²) in [7, 11) is -1.72. The van der Waals surface area contributed by atoms with Gasteiger partial charge in [-0.3, -0.25) is 0 Å². The molecule has 0 bridgehead atoms. The van der Waals surface area contributed by atoms with Crippen molar-refractivity contribution in [3.05, 3.63) is 256 Å². The molecule has 0 atom stereocenters. The van der Waals surface area contributed by atoms with E-state index in [1.165, 1.54) is 102 Å². The number of hydrogen-bond acceptors (Lipinski definition) is 1. The lowest BCUT2D eigenvalue weighted by Crippen LogP contribution is -2.08. The molecule has 3 aromatic heterocycles. The van der Waals surface area contributed by atoms with E-state index in [0.717, 1.165) is 24.1 Å². The second-order valence-electron chi connectivity index (χ2n) is 18.1. The Labute approximate surface area is 420 Å². The number of hydrogen-bond donors (Lipinski definition) is 0. The van der Waals surface area contributed by atoms with Crippen LogP contribution in [0.5, 0.6) is 0 Å². The van der Waals surface area contributed by atoms with Crippen LogP contribution < -0.4 is 0 Å². The summed E-state index contributed by atoms with van der Waals surface area (Å²) in [6.07, 6.45) is 15.5. The molecule has 70 heavy (non-hydrogen) atoms. The van der Waals surface area contributed by atoms with Gasteiger partial charge in [0.15, 0.2) is 0 Å². The Balaban J connectivity index is 0.000000279. The SMILES string of the molecule is C=Cc1c(-c2c(/C=C\C)c(C)n(-c3cccc(C)c3)c2C)n(-c2ccc(S(C3=CC=CCC3)(c3ccccc3)c3ccccc3)cc2)c2ccccc12.Cc1ccccc1-c1c(C)sc2ccccc12. The molecule has 0 radical (unpaired) electrons. The molecule has 7 aromatic carbocycles. The Kier molecular flexibility index (Phi) is 13.2. The molecule has 10 aromatic rings. The molecule has 11 rings (SSSR count). The van der Waals surface area contributed by atoms with Crippen molar-refractivity contribution in [1.29, 1.82) is 0 Å². The Morgan fingerprint density at radius 2 is 1.21 bits per heavy atom. The van der Waals surface area contributed by atoms with E-state index in [9.17, 15) is 0 Å². The van der Waals surface area contributed by atoms with Gasteiger partial charge in [0, 0.05) is 80.1 Å². The summed E-state index contributed by atoms with van der Waals surface area (Å²) in [5, 5.41) is 2.57. The van der Waals surface area contributed by atoms with E-state index in [1.54, 1.807) is 0 Å². The predicted octanol–water partition coefficient (Wildman–Crippen LogP) is 19.4. The number of benzene rings is 7. The van der Waals surface area contributed by atoms with Crippen LogP contribution in [0.15, 0.2) is 232 Å². The van der Waals surface area contributed by atoms with Gasteiger partial charge in [-0.2, -0.15) is 0 Å². The van der Waals surface area contributed by atoms with Gasteiger partial charge >= 0.3 is 0 Å². The van der Waals surface area contributed by atoms with Crippen LogP contribution in [0, 0.1) is 34.6 Å². The van der Waals surface area contributed by atoms with Crippen molar-refractivity contribution in [3.63, 3.8) is 0 Å². The van der Waals surface area contributed by atoms with E-state index in [0.29, 0.717) is 0 Å². The molecule has 1 aliphatic carbocycles. The van der Waals surface area contributed by atoms with Crippen molar-refractivity contribution in [1.82, 2.24) is 9.13 Å². The minimum Gasteiger partial charge on any atom is -0.317 e. The number of aryl methyl sites for hydroxylation is 3. The van der Waals surface area contributed by atoms with Crippen molar-refractivity contribution < 1.29 is 0 Å². The fraction of sp³-hybridized carbons (Fsp3) is 0.121. The van der Waals surface area contributed by atoms with Gasteiger partial charge in [-0.25, -0.2) is 0 Å². The first-order chi connectivity index (χ1) is 34.3. The Hall–Kier alpha value is -7.37. The average molecular weight is 945 g/mol. The van der Waals surface area contributed by atoms with E-state index in [4.69, 9.17) is 0 Å². The Morgan fingerprint density at radius 1 is 0.571 bits per heavy atom. The van der Waals surface area contributed by atoms with Gasteiger partial charge in [0.1, 0.15) is 0 Å². The lowest BCUT2D eigenvalue weighted by Gasteiger charge is -2.44. The average Bonchev–Trinajstić information content (AvgIpc) is 4.00. The summed E-state index contributed by atoms with van der Waals surface area (Å²) in [4.78, 5) is 6.96. The van der Waals surface area contributed by atoms with E-state index >= 15 is 0 Å². The number of fused-ring (bicyclic) bond motifs is 2. The summed E-state index contributed by atoms with van der Waals surface area (Å²) >= 11 is 1.88. The summed E-state index contributed by atoms with van der Waals surface area (Å²) in [6.45, 7) is 17.6. The van der Waals surface area contributed by atoms with E-state index in [1.807, 2.05) is 17.4 Å². The van der Waals surface area contributed by atoms with Crippen molar-refractivity contribution in [2.24, 2.45) is 0 Å². The minimum absolute atomic E-state index is 1.04. The van der Waals surface area contributed by atoms with E-state index in [2.05, 4.69) is 270 Å². The Morgan fingerprint density at radius 3 is 1.87 bits per heavy atom. The Bertz CT molecular complexity index is 3570. The zero-order valence-corrected chi connectivity index (χ0v) is 42.7. The monoisotopic (exact) mass is 944 g/mol. The second-order valence-corrected chi connectivity index (χ2v) is 22.5. The number of thiophene rings is 1. The molecule has 3 heterocycles. The molecule has 4 heteroatoms. The molecular formula is C66H60N2S2. The van der Waals surface area contributed by atoms with Crippen molar-refractivity contribution in [2.45, 2.75) is 69.1 Å². The quantitative estimate of drug-likeness (QED) is 0.129. The standard InChI is InChI=1S/C50H46N2S.C16H14S/c1-6-20-46-37(4)51(40-22-19-21-36(3)35-40)38(5)49(46)50-45(7-2)47-29-17-18-30-48(47)52(50)39-31-33-44(34-32-39)53(41-23-11-8-12-24-41,42-25-13-9-14-26-42)43-27-15-10-16-28-43;1-11-7-3-4-8-13(11)16-12(2)17-15-10-6-5-9-14(15)16/h6-15,17-27,29-35H,2,16,28H2,1,3-5H3;3-10H,1-2H3/b20-6-;. The number of rotatable bonds is 10. The first-order valence-corrected chi connectivity index (χ1v) is 26.8. The third kappa shape index (κ3) is 8.15. The van der Waals surface area contributed by atoms with Crippen LogP contribution in [0.3, 0.4) is 0 Å². The van der Waals surface area contributed by atoms with Crippen LogP contribution in [0.1, 0.15) is 58.3 Å². The number of para-hydroxylation sites is 1. The van der Waals surface area contributed by atoms with Crippen molar-refractivity contribution in [2.75, 3.05) is 0 Å². The molecule has 0 fully saturated rings. The van der Waals surface area contributed by atoms with Gasteiger partial charge in [-0.15, -0.1) is 21.4 Å². The molecule has 0 aliphatic heterocycles. The van der Waals surface area contributed by atoms with Gasteiger partial charge in [0.2, 0.25) is 0 Å². The third-order valence-electron chi connectivity index (χ3n) is 13.8. The predicted molar refractivity (Wildman–Crippen MR) is 306 cm³/mol. The van der Waals surface area contributed by atoms with Crippen LogP contribution in [0.25, 0.3) is 66.9 Å². The number of aromatic nitrogens is 2. The molecule has 0 amide bonds. The maximum Gasteiger partial charge on any atom is 0.0637 e. The molecule has 0 spiro atoms. The smallest absolute Gasteiger partial charge is 0.0637 e. The highest BCUT2D eigenvalue weighted by Crippen LogP contribution is 2.74. The molecule has 1 aliphatic rings. The molecule has 2 nitrogen and oxygen atoms in total. The second kappa shape index (κ2) is 19.9. The van der Waals surface area contributed by atoms with E-state index < -0.39 is 10.0 Å². The summed E-state index contributed by atoms with van der Waals surface area (Å²) < 4.78 is 6.26. The van der Waals surface area contributed by atoms with Gasteiger partial charge in [0.05, 0.1) is 11.2 Å². The largest absolute Gasteiger partial charge is 0.317 e. The fourth-order valence-corrected chi connectivity index (χ4v) is 16.0. The number of nitrogens with zero attached hydrogens (tertiary/aromatic N) is 2. The zero-order chi connectivity index (χ0) is 48.4. The molecule has 0 unspecified atom stereocenters. The lowest BCUT2D eigenvalue weighted by molar-refractivity contribution is 0.961. The van der Waals surface area contributed by atoms with Gasteiger partial charge in [0.25, 0.3) is 0 Å². The molecular weight excluding hydrogens is 885 g/mol. The summed E-state index contributed by atoms with van der Waals surface area (Å²) in [5.41, 5.74) is 16.0. The van der Waals surface area contributed by atoms with Gasteiger partial charge < -0.3 is 9.13 Å². The van der Waals surface area contributed by atoms with Gasteiger partial charge in [-0.05, 0) is 149 Å². The molecule has 0 saturated heterocycles. The molecule has 0 saturated carbocycles. The maximum atomic E-state index is 4.40. The van der Waals surface area contributed by atoms with Gasteiger partial charge in [-0.1, -0.05) is 152 Å². The van der Waals surface area contributed by atoms with E-state index in [-0.39, 0.29) is 0 Å². The topological polar surface area (TPSA) is 9.86 Å². The highest BCUT2D eigenvalue weighted by atomic mass is 32.3. The lowest BCUT2D eigenvalue weighted by atomic mass is 9.98. The van der Waals surface area contributed by atoms with Crippen molar-refractivity contribution in [3.8, 4) is 33.8 Å². The molecule has 0 N–H and O–H groups in total. The van der Waals surface area contributed by atoms with Crippen LogP contribution in [-0.4, -0.2) is 9.13 Å². The normalized spacial score (nSPS) is 12.9. The third-order valence-corrected chi connectivity index (χ3v) is 19.0. The first-order valence-electron chi connectivity index (χ1n) is 24.4. The van der Waals surface area contributed by atoms with Crippen LogP contribution >= 0.6 is 21.4 Å². The van der Waals surface area contributed by atoms with Crippen LogP contribution in [0.2, 0.25) is 0 Å². The zero-order valence-electron chi connectivity index (χ0n) is 41.1. The van der Waals surface area contributed by atoms with Crippen LogP contribution in [0.4, 0.5) is 0 Å². The van der Waals surface area contributed by atoms with Crippen molar-refractivity contribution >= 4 is 54.5 Å². The highest BCUT2D eigenvalue weighted by Gasteiger charge is 2.35. The molecule has 346 valence electrons.